The molecule has 23 heavy (non-hydrogen) atoms. The third kappa shape index (κ3) is 2.28. The molecular weight excluding hydrogens is 308 g/mol. The summed E-state index contributed by atoms with van der Waals surface area (Å²) in [6, 6.07) is 7.38. The number of hydrogen-bond donors (Lipinski definition) is 1. The average molecular weight is 320 g/mol. The first-order chi connectivity index (χ1) is 11.2. The molecule has 0 saturated heterocycles. The maximum atomic E-state index is 6.50. The zero-order valence-corrected chi connectivity index (χ0v) is 12.8. The van der Waals surface area contributed by atoms with E-state index < -0.39 is 0 Å². The number of nitrogens with zero attached hydrogens (tertiary/aromatic N) is 3. The number of amidine groups is 1. The fourth-order valence-electron chi connectivity index (χ4n) is 2.48. The Morgan fingerprint density at radius 3 is 2.83 bits per heavy atom. The molecule has 3 aliphatic rings. The summed E-state index contributed by atoms with van der Waals surface area (Å²) >= 11 is 5.99. The van der Waals surface area contributed by atoms with Crippen LogP contribution in [0.1, 0.15) is 5.56 Å². The van der Waals surface area contributed by atoms with Gasteiger partial charge in [0.2, 0.25) is 5.70 Å². The summed E-state index contributed by atoms with van der Waals surface area (Å²) in [4.78, 5) is 8.81. The highest BCUT2D eigenvalue weighted by atomic mass is 35.5. The largest absolute Gasteiger partial charge is 0.311 e. The molecule has 0 saturated carbocycles. The van der Waals surface area contributed by atoms with Crippen molar-refractivity contribution in [1.29, 1.82) is 0 Å². The van der Waals surface area contributed by atoms with Gasteiger partial charge in [-0.15, -0.1) is 4.59 Å². The molecule has 4 rings (SSSR count). The quantitative estimate of drug-likeness (QED) is 0.483. The molecule has 1 unspecified atom stereocenters. The van der Waals surface area contributed by atoms with E-state index in [9.17, 15) is 0 Å². The maximum absolute atomic E-state index is 6.50. The van der Waals surface area contributed by atoms with E-state index in [0.29, 0.717) is 10.9 Å². The van der Waals surface area contributed by atoms with Gasteiger partial charge in [-0.2, -0.15) is 10.8 Å². The van der Waals surface area contributed by atoms with Crippen LogP contribution in [0.4, 0.5) is 0 Å². The van der Waals surface area contributed by atoms with E-state index in [0.717, 1.165) is 22.5 Å². The predicted molar refractivity (Wildman–Crippen MR) is 92.1 cm³/mol. The maximum Gasteiger partial charge on any atom is 0.311 e. The highest BCUT2D eigenvalue weighted by molar-refractivity contribution is 6.30. The first-order valence-electron chi connectivity index (χ1n) is 7.05. The zero-order chi connectivity index (χ0) is 15.9. The number of quaternary nitrogens is 1. The fraction of sp³-hybridized carbons (Fsp3) is 0. The van der Waals surface area contributed by atoms with Crippen molar-refractivity contribution in [2.75, 3.05) is 0 Å². The molecule has 1 aliphatic carbocycles. The summed E-state index contributed by atoms with van der Waals surface area (Å²) in [6.07, 6.45) is 11.1. The third-order valence-electron chi connectivity index (χ3n) is 3.76. The van der Waals surface area contributed by atoms with E-state index >= 15 is 0 Å². The van der Waals surface area contributed by atoms with Crippen LogP contribution in [0.3, 0.4) is 0 Å². The van der Waals surface area contributed by atoms with Crippen LogP contribution in [0, 0.1) is 11.8 Å². The van der Waals surface area contributed by atoms with E-state index in [1.165, 1.54) is 0 Å². The van der Waals surface area contributed by atoms with Gasteiger partial charge in [0, 0.05) is 22.1 Å². The lowest BCUT2D eigenvalue weighted by Gasteiger charge is -2.23. The Morgan fingerprint density at radius 1 is 1.22 bits per heavy atom. The number of fused-ring (bicyclic) bond motifs is 1. The van der Waals surface area contributed by atoms with Crippen LogP contribution in [0.2, 0.25) is 5.02 Å². The molecule has 2 N–H and O–H groups in total. The molecule has 1 aromatic rings. The molecule has 0 amide bonds. The standard InChI is InChI=1S/C18H12ClN4/c19-15-6-1-3-13(11-15)7-8-17-22-18(14-4-2-5-14)16-12-21-9-10-23(16,17)20/h1-6,9-12H,20H2/q+1. The molecule has 1 atom stereocenters. The van der Waals surface area contributed by atoms with Crippen LogP contribution in [-0.4, -0.2) is 16.6 Å². The summed E-state index contributed by atoms with van der Waals surface area (Å²) in [6.45, 7) is 0. The SMILES string of the molecule is N[N+]12C=CN=CC1=C(C1=CC=C1)N=C2C#Cc1cccc(Cl)c1. The predicted octanol–water partition coefficient (Wildman–Crippen LogP) is 3.06. The van der Waals surface area contributed by atoms with Crippen molar-refractivity contribution < 1.29 is 4.59 Å². The van der Waals surface area contributed by atoms with Gasteiger partial charge in [0.25, 0.3) is 0 Å². The van der Waals surface area contributed by atoms with Crippen molar-refractivity contribution in [1.82, 2.24) is 0 Å². The van der Waals surface area contributed by atoms with E-state index in [2.05, 4.69) is 21.8 Å². The Bertz CT molecular complexity index is 951. The first-order valence-corrected chi connectivity index (χ1v) is 7.43. The molecule has 110 valence electrons. The first kappa shape index (κ1) is 13.9. The van der Waals surface area contributed by atoms with Gasteiger partial charge >= 0.3 is 5.84 Å². The average Bonchev–Trinajstić information content (AvgIpc) is 2.76. The van der Waals surface area contributed by atoms with Crippen LogP contribution in [0.5, 0.6) is 0 Å². The van der Waals surface area contributed by atoms with E-state index in [-0.39, 0.29) is 4.59 Å². The van der Waals surface area contributed by atoms with Crippen molar-refractivity contribution >= 4 is 23.7 Å². The second kappa shape index (κ2) is 5.18. The van der Waals surface area contributed by atoms with E-state index in [1.54, 1.807) is 18.6 Å². The fourth-order valence-corrected chi connectivity index (χ4v) is 2.67. The van der Waals surface area contributed by atoms with Gasteiger partial charge in [-0.25, -0.2) is 0 Å². The minimum Gasteiger partial charge on any atom is -0.253 e. The van der Waals surface area contributed by atoms with Crippen LogP contribution in [-0.2, 0) is 0 Å². The highest BCUT2D eigenvalue weighted by Gasteiger charge is 2.43. The minimum atomic E-state index is -0.0580. The Morgan fingerprint density at radius 2 is 2.09 bits per heavy atom. The van der Waals surface area contributed by atoms with Crippen molar-refractivity contribution in [2.24, 2.45) is 15.8 Å². The Labute approximate surface area is 138 Å². The molecule has 0 aromatic heterocycles. The lowest BCUT2D eigenvalue weighted by molar-refractivity contribution is -0.749. The zero-order valence-electron chi connectivity index (χ0n) is 12.1. The molecule has 2 heterocycles. The van der Waals surface area contributed by atoms with Gasteiger partial charge < -0.3 is 0 Å². The monoisotopic (exact) mass is 319 g/mol. The normalized spacial score (nSPS) is 23.7. The molecule has 4 nitrogen and oxygen atoms in total. The van der Waals surface area contributed by atoms with Gasteiger partial charge in [-0.05, 0) is 18.2 Å². The third-order valence-corrected chi connectivity index (χ3v) is 4.00. The topological polar surface area (TPSA) is 50.7 Å². The van der Waals surface area contributed by atoms with Gasteiger partial charge in [0.05, 0.1) is 12.4 Å². The van der Waals surface area contributed by atoms with Crippen molar-refractivity contribution in [3.8, 4) is 11.8 Å². The summed E-state index contributed by atoms with van der Waals surface area (Å²) in [5.41, 5.74) is 3.49. The summed E-state index contributed by atoms with van der Waals surface area (Å²) in [7, 11) is 0. The van der Waals surface area contributed by atoms with Crippen molar-refractivity contribution in [3.63, 3.8) is 0 Å². The van der Waals surface area contributed by atoms with Gasteiger partial charge in [0.1, 0.15) is 11.9 Å². The molecule has 1 aromatic carbocycles. The molecule has 0 fully saturated rings. The number of rotatable bonds is 1. The molecule has 5 heteroatoms. The van der Waals surface area contributed by atoms with Crippen LogP contribution < -0.4 is 5.84 Å². The van der Waals surface area contributed by atoms with Gasteiger partial charge in [-0.3, -0.25) is 4.99 Å². The van der Waals surface area contributed by atoms with Crippen LogP contribution in [0.15, 0.2) is 81.8 Å². The lowest BCUT2D eigenvalue weighted by Crippen LogP contribution is -2.52. The van der Waals surface area contributed by atoms with Crippen molar-refractivity contribution in [2.45, 2.75) is 0 Å². The van der Waals surface area contributed by atoms with E-state index in [1.807, 2.05) is 42.5 Å². The highest BCUT2D eigenvalue weighted by Crippen LogP contribution is 2.33. The number of nitrogens with two attached hydrogens (primary N) is 1. The lowest BCUT2D eigenvalue weighted by atomic mass is 10.0. The molecular formula is C18H12ClN4+. The number of hydrogen-bond acceptors (Lipinski definition) is 3. The minimum absolute atomic E-state index is 0.0580. The second-order valence-electron chi connectivity index (χ2n) is 5.26. The van der Waals surface area contributed by atoms with E-state index in [4.69, 9.17) is 17.4 Å². The molecule has 0 bridgehead atoms. The van der Waals surface area contributed by atoms with Gasteiger partial charge in [0.15, 0.2) is 0 Å². The van der Waals surface area contributed by atoms with Crippen molar-refractivity contribution in [3.05, 3.63) is 82.4 Å². The van der Waals surface area contributed by atoms with Gasteiger partial charge in [-0.1, -0.05) is 41.8 Å². The Kier molecular flexibility index (Phi) is 3.14. The number of allylic oxidation sites excluding steroid dienone is 4. The summed E-state index contributed by atoms with van der Waals surface area (Å²) in [5.74, 6) is 13.2. The Balaban J connectivity index is 1.76. The molecule has 0 spiro atoms. The Hall–Kier alpha value is -2.71. The number of benzene rings is 1. The smallest absolute Gasteiger partial charge is 0.253 e. The summed E-state index contributed by atoms with van der Waals surface area (Å²) < 4.78 is -0.0580. The van der Waals surface area contributed by atoms with Crippen LogP contribution >= 0.6 is 11.6 Å². The number of halogens is 1. The van der Waals surface area contributed by atoms with Crippen LogP contribution in [0.25, 0.3) is 0 Å². The summed E-state index contributed by atoms with van der Waals surface area (Å²) in [5, 5.41) is 0.649. The number of aliphatic imine (C=N–C) groups is 2. The molecule has 2 aliphatic heterocycles. The second-order valence-corrected chi connectivity index (χ2v) is 5.70. The molecule has 0 radical (unpaired) electrons.